The van der Waals surface area contributed by atoms with E-state index in [0.717, 1.165) is 0 Å². The third kappa shape index (κ3) is 3.75. The van der Waals surface area contributed by atoms with Gasteiger partial charge >= 0.3 is 5.97 Å². The summed E-state index contributed by atoms with van der Waals surface area (Å²) in [6.07, 6.45) is 0. The number of hydrogen-bond acceptors (Lipinski definition) is 4. The molecule has 1 aromatic carbocycles. The molecule has 0 aliphatic heterocycles. The molecule has 0 amide bonds. The molecule has 0 spiro atoms. The Morgan fingerprint density at radius 3 is 2.59 bits per heavy atom. The second-order valence-corrected chi connectivity index (χ2v) is 5.45. The van der Waals surface area contributed by atoms with Gasteiger partial charge in [0.15, 0.2) is 0 Å². The van der Waals surface area contributed by atoms with Gasteiger partial charge in [-0.2, -0.15) is 5.10 Å². The molecule has 1 aromatic heterocycles. The van der Waals surface area contributed by atoms with E-state index in [1.165, 1.54) is 10.7 Å². The van der Waals surface area contributed by atoms with Crippen molar-refractivity contribution in [2.45, 2.75) is 6.92 Å². The normalized spacial score (nSPS) is 10.3. The lowest BCUT2D eigenvalue weighted by atomic mass is 10.3. The third-order valence-corrected chi connectivity index (χ3v) is 3.09. The molecule has 0 atom stereocenters. The number of benzene rings is 1. The van der Waals surface area contributed by atoms with Gasteiger partial charge in [0.2, 0.25) is 11.1 Å². The minimum atomic E-state index is -0.852. The van der Waals surface area contributed by atoms with Crippen LogP contribution in [0.25, 0.3) is 5.69 Å². The van der Waals surface area contributed by atoms with Crippen LogP contribution in [-0.4, -0.2) is 22.4 Å². The molecule has 114 valence electrons. The molecular weight excluding hydrogens is 327 g/mol. The van der Waals surface area contributed by atoms with E-state index in [2.05, 4.69) is 11.7 Å². The summed E-state index contributed by atoms with van der Waals surface area (Å²) in [5.41, 5.74) is 0.398. The Morgan fingerprint density at radius 2 is 2.00 bits per heavy atom. The van der Waals surface area contributed by atoms with Crippen LogP contribution < -0.4 is 5.43 Å². The van der Waals surface area contributed by atoms with E-state index in [4.69, 9.17) is 27.9 Å². The molecule has 0 bridgehead atoms. The smallest absolute Gasteiger partial charge is 0.363 e. The van der Waals surface area contributed by atoms with Crippen molar-refractivity contribution >= 4 is 29.2 Å². The highest BCUT2D eigenvalue weighted by atomic mass is 35.5. The highest BCUT2D eigenvalue weighted by Gasteiger charge is 2.17. The molecule has 0 unspecified atom stereocenters. The summed E-state index contributed by atoms with van der Waals surface area (Å²) in [5, 5.41) is 4.79. The van der Waals surface area contributed by atoms with Gasteiger partial charge in [-0.1, -0.05) is 29.8 Å². The zero-order valence-corrected chi connectivity index (χ0v) is 13.2. The standard InChI is InChI=1S/C15H12Cl2N2O3/c1-9(16)8-22-15(21)14-13(20)7-10(2)19(18-14)12-5-3-11(17)4-6-12/h3-7H,1,8H2,2H3. The molecule has 2 rings (SSSR count). The zero-order valence-electron chi connectivity index (χ0n) is 11.7. The molecule has 7 heteroatoms. The van der Waals surface area contributed by atoms with Gasteiger partial charge in [-0.3, -0.25) is 4.79 Å². The summed E-state index contributed by atoms with van der Waals surface area (Å²) < 4.78 is 6.31. The van der Waals surface area contributed by atoms with Crippen LogP contribution in [0.3, 0.4) is 0 Å². The van der Waals surface area contributed by atoms with Crippen LogP contribution in [0.4, 0.5) is 0 Å². The molecule has 0 N–H and O–H groups in total. The Bertz CT molecular complexity index is 782. The number of carbonyl (C=O) groups is 1. The van der Waals surface area contributed by atoms with E-state index in [-0.39, 0.29) is 17.3 Å². The number of aromatic nitrogens is 2. The summed E-state index contributed by atoms with van der Waals surface area (Å²) in [4.78, 5) is 23.8. The first-order valence-corrected chi connectivity index (χ1v) is 7.01. The first kappa shape index (κ1) is 16.3. The molecule has 22 heavy (non-hydrogen) atoms. The van der Waals surface area contributed by atoms with Gasteiger partial charge in [0, 0.05) is 21.8 Å². The van der Waals surface area contributed by atoms with Crippen LogP contribution >= 0.6 is 23.2 Å². The zero-order chi connectivity index (χ0) is 16.3. The largest absolute Gasteiger partial charge is 0.455 e. The highest BCUT2D eigenvalue weighted by Crippen LogP contribution is 2.14. The van der Waals surface area contributed by atoms with E-state index < -0.39 is 11.4 Å². The van der Waals surface area contributed by atoms with E-state index in [0.29, 0.717) is 16.4 Å². The molecule has 2 aromatic rings. The number of aryl methyl sites for hydroxylation is 1. The average Bonchev–Trinajstić information content (AvgIpc) is 2.46. The predicted octanol–water partition coefficient (Wildman–Crippen LogP) is 3.10. The predicted molar refractivity (Wildman–Crippen MR) is 84.9 cm³/mol. The average molecular weight is 339 g/mol. The van der Waals surface area contributed by atoms with Gasteiger partial charge in [0.05, 0.1) is 5.69 Å². The minimum absolute atomic E-state index is 0.151. The Kier molecular flexibility index (Phi) is 5.00. The van der Waals surface area contributed by atoms with Gasteiger partial charge in [-0.05, 0) is 31.2 Å². The second-order valence-electron chi connectivity index (χ2n) is 4.48. The third-order valence-electron chi connectivity index (χ3n) is 2.73. The highest BCUT2D eigenvalue weighted by molar-refractivity contribution is 6.30. The van der Waals surface area contributed by atoms with E-state index >= 15 is 0 Å². The number of esters is 1. The summed E-state index contributed by atoms with van der Waals surface area (Å²) in [6.45, 7) is 4.93. The Hall–Kier alpha value is -2.11. The Morgan fingerprint density at radius 1 is 1.36 bits per heavy atom. The fourth-order valence-corrected chi connectivity index (χ4v) is 1.93. The monoisotopic (exact) mass is 338 g/mol. The Balaban J connectivity index is 2.42. The Labute approximate surface area is 136 Å². The topological polar surface area (TPSA) is 61.2 Å². The second kappa shape index (κ2) is 6.77. The van der Waals surface area contributed by atoms with Crippen LogP contribution in [0, 0.1) is 6.92 Å². The van der Waals surface area contributed by atoms with Crippen LogP contribution in [0.1, 0.15) is 16.2 Å². The van der Waals surface area contributed by atoms with Crippen molar-refractivity contribution in [3.05, 3.63) is 68.6 Å². The molecule has 5 nitrogen and oxygen atoms in total. The number of nitrogens with zero attached hydrogens (tertiary/aromatic N) is 2. The van der Waals surface area contributed by atoms with Crippen molar-refractivity contribution in [3.63, 3.8) is 0 Å². The summed E-state index contributed by atoms with van der Waals surface area (Å²) in [7, 11) is 0. The number of rotatable bonds is 4. The van der Waals surface area contributed by atoms with Gasteiger partial charge in [0.1, 0.15) is 6.61 Å². The quantitative estimate of drug-likeness (QED) is 0.803. The maximum Gasteiger partial charge on any atom is 0.363 e. The SMILES string of the molecule is C=C(Cl)COC(=O)c1nn(-c2ccc(Cl)cc2)c(C)cc1=O. The lowest BCUT2D eigenvalue weighted by Crippen LogP contribution is -2.24. The molecule has 0 aliphatic rings. The molecule has 0 radical (unpaired) electrons. The fraction of sp³-hybridized carbons (Fsp3) is 0.133. The first-order chi connectivity index (χ1) is 10.4. The van der Waals surface area contributed by atoms with Crippen LogP contribution in [0.5, 0.6) is 0 Å². The van der Waals surface area contributed by atoms with Crippen molar-refractivity contribution < 1.29 is 9.53 Å². The van der Waals surface area contributed by atoms with Crippen molar-refractivity contribution in [2.75, 3.05) is 6.61 Å². The lowest BCUT2D eigenvalue weighted by molar-refractivity contribution is 0.0535. The van der Waals surface area contributed by atoms with Crippen LogP contribution in [-0.2, 0) is 4.74 Å². The minimum Gasteiger partial charge on any atom is -0.455 e. The van der Waals surface area contributed by atoms with Gasteiger partial charge in [-0.25, -0.2) is 9.48 Å². The van der Waals surface area contributed by atoms with Crippen molar-refractivity contribution in [2.24, 2.45) is 0 Å². The summed E-state index contributed by atoms with van der Waals surface area (Å²) in [6, 6.07) is 8.13. The molecule has 0 saturated carbocycles. The van der Waals surface area contributed by atoms with Crippen LogP contribution in [0.15, 0.2) is 46.7 Å². The van der Waals surface area contributed by atoms with E-state index in [1.54, 1.807) is 31.2 Å². The summed E-state index contributed by atoms with van der Waals surface area (Å²) >= 11 is 11.4. The van der Waals surface area contributed by atoms with E-state index in [1.807, 2.05) is 0 Å². The number of carbonyl (C=O) groups excluding carboxylic acids is 1. The lowest BCUT2D eigenvalue weighted by Gasteiger charge is -2.11. The maximum atomic E-state index is 11.9. The van der Waals surface area contributed by atoms with Gasteiger partial charge in [0.25, 0.3) is 0 Å². The number of halogens is 2. The van der Waals surface area contributed by atoms with Crippen molar-refractivity contribution in [1.82, 2.24) is 9.78 Å². The molecule has 0 aliphatic carbocycles. The van der Waals surface area contributed by atoms with E-state index in [9.17, 15) is 9.59 Å². The summed E-state index contributed by atoms with van der Waals surface area (Å²) in [5.74, 6) is -0.852. The number of ether oxygens (including phenoxy) is 1. The molecular formula is C15H12Cl2N2O3. The van der Waals surface area contributed by atoms with Crippen molar-refractivity contribution in [3.8, 4) is 5.69 Å². The van der Waals surface area contributed by atoms with Crippen LogP contribution in [0.2, 0.25) is 5.02 Å². The van der Waals surface area contributed by atoms with Crippen molar-refractivity contribution in [1.29, 1.82) is 0 Å². The molecule has 1 heterocycles. The van der Waals surface area contributed by atoms with Gasteiger partial charge in [-0.15, -0.1) is 0 Å². The fourth-order valence-electron chi connectivity index (χ4n) is 1.74. The number of hydrogen-bond donors (Lipinski definition) is 0. The molecule has 0 fully saturated rings. The maximum absolute atomic E-state index is 11.9. The first-order valence-electron chi connectivity index (χ1n) is 6.26. The molecule has 0 saturated heterocycles. The van der Waals surface area contributed by atoms with Gasteiger partial charge < -0.3 is 4.74 Å².